The largest absolute Gasteiger partial charge is 0.484 e. The highest BCUT2D eigenvalue weighted by Gasteiger charge is 2.06. The van der Waals surface area contributed by atoms with Gasteiger partial charge in [0.25, 0.3) is 5.91 Å². The zero-order chi connectivity index (χ0) is 18.5. The fraction of sp³-hybridized carbons (Fsp3) is 0.579. The fourth-order valence-electron chi connectivity index (χ4n) is 2.46. The maximum Gasteiger partial charge on any atom is 0.255 e. The van der Waals surface area contributed by atoms with Gasteiger partial charge in [0, 0.05) is 19.6 Å². The molecule has 0 aliphatic carbocycles. The molecule has 0 fully saturated rings. The highest BCUT2D eigenvalue weighted by molar-refractivity contribution is 5.79. The summed E-state index contributed by atoms with van der Waals surface area (Å²) in [6.07, 6.45) is 6.21. The first-order valence-electron chi connectivity index (χ1n) is 9.02. The summed E-state index contributed by atoms with van der Waals surface area (Å²) in [5.74, 6) is 0.929. The molecule has 1 atom stereocenters. The number of ether oxygens (including phenoxy) is 1. The van der Waals surface area contributed by atoms with Crippen LogP contribution in [0.5, 0.6) is 5.75 Å². The third kappa shape index (κ3) is 9.59. The Morgan fingerprint density at radius 3 is 2.80 bits per heavy atom. The van der Waals surface area contributed by atoms with Gasteiger partial charge in [-0.25, -0.2) is 0 Å². The van der Waals surface area contributed by atoms with Crippen molar-refractivity contribution in [3.63, 3.8) is 0 Å². The van der Waals surface area contributed by atoms with E-state index in [9.17, 15) is 4.79 Å². The van der Waals surface area contributed by atoms with Gasteiger partial charge in [0.15, 0.2) is 12.6 Å². The lowest BCUT2D eigenvalue weighted by molar-refractivity contribution is -0.119. The number of unbranched alkanes of at least 4 members (excludes halogenated alkanes) is 3. The van der Waals surface area contributed by atoms with Gasteiger partial charge in [-0.15, -0.1) is 0 Å². The van der Waals surface area contributed by atoms with Crippen molar-refractivity contribution >= 4 is 11.9 Å². The Kier molecular flexibility index (Phi) is 10.1. The lowest BCUT2D eigenvalue weighted by Crippen LogP contribution is -2.41. The summed E-state index contributed by atoms with van der Waals surface area (Å²) < 4.78 is 5.32. The molecule has 1 amide bonds. The highest BCUT2D eigenvalue weighted by Crippen LogP contribution is 2.13. The molecule has 0 bridgehead atoms. The molecule has 1 unspecified atom stereocenters. The Hall–Kier alpha value is -2.24. The number of benzene rings is 1. The molecular formula is C19H32N4O2. The Labute approximate surface area is 151 Å². The second kappa shape index (κ2) is 12.2. The van der Waals surface area contributed by atoms with E-state index in [0.717, 1.165) is 17.9 Å². The number of nitrogens with zero attached hydrogens (tertiary/aromatic N) is 1. The Balaban J connectivity index is 2.41. The first-order chi connectivity index (χ1) is 12.0. The van der Waals surface area contributed by atoms with Crippen LogP contribution in [0.1, 0.15) is 51.5 Å². The zero-order valence-electron chi connectivity index (χ0n) is 15.7. The number of nitrogens with two attached hydrogens (primary N) is 1. The molecule has 0 aromatic heterocycles. The number of primary amides is 1. The van der Waals surface area contributed by atoms with Crippen molar-refractivity contribution < 1.29 is 9.53 Å². The number of hydrogen-bond donors (Lipinski definition) is 3. The molecule has 4 N–H and O–H groups in total. The monoisotopic (exact) mass is 348 g/mol. The van der Waals surface area contributed by atoms with E-state index in [2.05, 4.69) is 29.5 Å². The lowest BCUT2D eigenvalue weighted by Gasteiger charge is -2.18. The highest BCUT2D eigenvalue weighted by atomic mass is 16.5. The van der Waals surface area contributed by atoms with Crippen molar-refractivity contribution in [2.75, 3.05) is 13.7 Å². The Bertz CT molecular complexity index is 546. The number of hydrogen-bond acceptors (Lipinski definition) is 3. The Morgan fingerprint density at radius 1 is 1.32 bits per heavy atom. The van der Waals surface area contributed by atoms with Crippen LogP contribution in [-0.4, -0.2) is 31.6 Å². The van der Waals surface area contributed by atoms with Gasteiger partial charge in [0.1, 0.15) is 5.75 Å². The number of carbonyl (C=O) groups excluding carboxylic acids is 1. The van der Waals surface area contributed by atoms with Gasteiger partial charge in [-0.1, -0.05) is 44.7 Å². The van der Waals surface area contributed by atoms with E-state index in [1.165, 1.54) is 25.7 Å². The molecule has 6 heteroatoms. The lowest BCUT2D eigenvalue weighted by atomic mass is 10.1. The van der Waals surface area contributed by atoms with Crippen LogP contribution in [0.4, 0.5) is 0 Å². The summed E-state index contributed by atoms with van der Waals surface area (Å²) in [5, 5.41) is 6.72. The fourth-order valence-corrected chi connectivity index (χ4v) is 2.46. The van der Waals surface area contributed by atoms with E-state index >= 15 is 0 Å². The summed E-state index contributed by atoms with van der Waals surface area (Å²) >= 11 is 0. The number of amides is 1. The van der Waals surface area contributed by atoms with Gasteiger partial charge in [-0.2, -0.15) is 0 Å². The summed E-state index contributed by atoms with van der Waals surface area (Å²) in [4.78, 5) is 15.1. The van der Waals surface area contributed by atoms with E-state index in [1.54, 1.807) is 13.1 Å². The first kappa shape index (κ1) is 20.8. The van der Waals surface area contributed by atoms with Crippen molar-refractivity contribution in [3.05, 3.63) is 29.8 Å². The third-order valence-corrected chi connectivity index (χ3v) is 3.84. The molecule has 1 rings (SSSR count). The van der Waals surface area contributed by atoms with Crippen LogP contribution in [0.15, 0.2) is 29.3 Å². The molecule has 0 heterocycles. The van der Waals surface area contributed by atoms with Crippen LogP contribution in [0.3, 0.4) is 0 Å². The standard InChI is InChI=1S/C19H32N4O2/c1-4-5-6-7-9-15(2)23-19(21-3)22-13-16-10-8-11-17(12-16)25-14-18(20)24/h8,10-12,15H,4-7,9,13-14H2,1-3H3,(H2,20,24)(H2,21,22,23). The molecule has 1 aromatic rings. The van der Waals surface area contributed by atoms with Gasteiger partial charge < -0.3 is 21.1 Å². The second-order valence-corrected chi connectivity index (χ2v) is 6.22. The van der Waals surface area contributed by atoms with Gasteiger partial charge in [-0.05, 0) is 31.0 Å². The van der Waals surface area contributed by atoms with E-state index in [4.69, 9.17) is 10.5 Å². The maximum absolute atomic E-state index is 10.8. The summed E-state index contributed by atoms with van der Waals surface area (Å²) in [7, 11) is 1.77. The molecule has 0 aliphatic heterocycles. The molecule has 1 aromatic carbocycles. The van der Waals surface area contributed by atoms with Gasteiger partial charge in [0.05, 0.1) is 0 Å². The molecule has 140 valence electrons. The molecule has 0 aliphatic rings. The minimum atomic E-state index is -0.485. The molecular weight excluding hydrogens is 316 g/mol. The first-order valence-corrected chi connectivity index (χ1v) is 9.02. The third-order valence-electron chi connectivity index (χ3n) is 3.84. The molecule has 0 spiro atoms. The number of aliphatic imine (C=N–C) groups is 1. The Morgan fingerprint density at radius 2 is 2.12 bits per heavy atom. The van der Waals surface area contributed by atoms with Crippen molar-refractivity contribution in [1.29, 1.82) is 0 Å². The van der Waals surface area contributed by atoms with Crippen LogP contribution in [0.25, 0.3) is 0 Å². The van der Waals surface area contributed by atoms with Crippen molar-refractivity contribution in [2.45, 2.75) is 58.5 Å². The van der Waals surface area contributed by atoms with E-state index in [-0.39, 0.29) is 6.61 Å². The smallest absolute Gasteiger partial charge is 0.255 e. The van der Waals surface area contributed by atoms with E-state index < -0.39 is 5.91 Å². The molecule has 25 heavy (non-hydrogen) atoms. The van der Waals surface area contributed by atoms with Crippen LogP contribution >= 0.6 is 0 Å². The number of nitrogens with one attached hydrogen (secondary N) is 2. The summed E-state index contributed by atoms with van der Waals surface area (Å²) in [6, 6.07) is 7.95. The van der Waals surface area contributed by atoms with Crippen LogP contribution < -0.4 is 21.1 Å². The number of carbonyl (C=O) groups is 1. The van der Waals surface area contributed by atoms with E-state index in [0.29, 0.717) is 18.3 Å². The molecule has 6 nitrogen and oxygen atoms in total. The SMILES string of the molecule is CCCCCCC(C)NC(=NC)NCc1cccc(OCC(N)=O)c1. The average molecular weight is 348 g/mol. The van der Waals surface area contributed by atoms with Crippen LogP contribution in [-0.2, 0) is 11.3 Å². The van der Waals surface area contributed by atoms with Crippen molar-refractivity contribution in [2.24, 2.45) is 10.7 Å². The quantitative estimate of drug-likeness (QED) is 0.326. The van der Waals surface area contributed by atoms with Crippen molar-refractivity contribution in [1.82, 2.24) is 10.6 Å². The topological polar surface area (TPSA) is 88.7 Å². The minimum absolute atomic E-state index is 0.115. The predicted molar refractivity (Wildman–Crippen MR) is 103 cm³/mol. The summed E-state index contributed by atoms with van der Waals surface area (Å²) in [6.45, 7) is 4.91. The summed E-state index contributed by atoms with van der Waals surface area (Å²) in [5.41, 5.74) is 6.13. The van der Waals surface area contributed by atoms with Gasteiger partial charge >= 0.3 is 0 Å². The normalized spacial score (nSPS) is 12.5. The second-order valence-electron chi connectivity index (χ2n) is 6.22. The average Bonchev–Trinajstić information content (AvgIpc) is 2.61. The van der Waals surface area contributed by atoms with Gasteiger partial charge in [-0.3, -0.25) is 9.79 Å². The van der Waals surface area contributed by atoms with E-state index in [1.807, 2.05) is 18.2 Å². The van der Waals surface area contributed by atoms with Crippen molar-refractivity contribution in [3.8, 4) is 5.75 Å². The number of rotatable bonds is 11. The maximum atomic E-state index is 10.8. The minimum Gasteiger partial charge on any atom is -0.484 e. The van der Waals surface area contributed by atoms with Crippen LogP contribution in [0.2, 0.25) is 0 Å². The molecule has 0 radical (unpaired) electrons. The van der Waals surface area contributed by atoms with Crippen LogP contribution in [0, 0.1) is 0 Å². The number of guanidine groups is 1. The van der Waals surface area contributed by atoms with Gasteiger partial charge in [0.2, 0.25) is 0 Å². The molecule has 0 saturated heterocycles. The predicted octanol–water partition coefficient (Wildman–Crippen LogP) is 2.57. The molecule has 0 saturated carbocycles. The zero-order valence-corrected chi connectivity index (χ0v) is 15.7.